The van der Waals surface area contributed by atoms with E-state index in [2.05, 4.69) is 20.5 Å². The summed E-state index contributed by atoms with van der Waals surface area (Å²) in [6, 6.07) is 10.5. The van der Waals surface area contributed by atoms with Crippen LogP contribution in [0.15, 0.2) is 53.1 Å². The molecule has 0 unspecified atom stereocenters. The number of para-hydroxylation sites is 1. The number of aromatic nitrogens is 3. The molecule has 3 rings (SSSR count). The van der Waals surface area contributed by atoms with Crippen molar-refractivity contribution in [2.24, 2.45) is 0 Å². The topological polar surface area (TPSA) is 50.7 Å². The molecule has 0 aliphatic carbocycles. The van der Waals surface area contributed by atoms with E-state index in [0.717, 1.165) is 16.5 Å². The average molecular weight is 332 g/mol. The van der Waals surface area contributed by atoms with Crippen LogP contribution in [0.25, 0.3) is 0 Å². The predicted molar refractivity (Wildman–Crippen MR) is 88.3 cm³/mol. The molecule has 0 atom stereocenters. The number of rotatable bonds is 6. The summed E-state index contributed by atoms with van der Waals surface area (Å²) in [5.41, 5.74) is 1.66. The second-order valence-electron chi connectivity index (χ2n) is 4.43. The van der Waals surface area contributed by atoms with Crippen LogP contribution >= 0.6 is 23.1 Å². The molecule has 0 saturated carbocycles. The standard InChI is InChI=1S/C15H13FN4S2/c16-12-3-1-2-4-13(12)18-14-19-20-15(22-14)21-10-7-11-5-8-17-9-6-11/h1-6,8-9H,7,10H2,(H,18,19). The first kappa shape index (κ1) is 14.9. The van der Waals surface area contributed by atoms with E-state index < -0.39 is 0 Å². The first-order chi connectivity index (χ1) is 10.8. The third-order valence-corrected chi connectivity index (χ3v) is 4.86. The van der Waals surface area contributed by atoms with Crippen LogP contribution in [0, 0.1) is 5.82 Å². The van der Waals surface area contributed by atoms with Crippen molar-refractivity contribution in [3.05, 3.63) is 60.2 Å². The zero-order valence-corrected chi connectivity index (χ0v) is 13.2. The highest BCUT2D eigenvalue weighted by atomic mass is 32.2. The minimum atomic E-state index is -0.301. The Morgan fingerprint density at radius 1 is 1.09 bits per heavy atom. The van der Waals surface area contributed by atoms with E-state index in [1.165, 1.54) is 23.0 Å². The van der Waals surface area contributed by atoms with Gasteiger partial charge in [-0.05, 0) is 36.2 Å². The van der Waals surface area contributed by atoms with Gasteiger partial charge >= 0.3 is 0 Å². The first-order valence-corrected chi connectivity index (χ1v) is 8.48. The van der Waals surface area contributed by atoms with Crippen molar-refractivity contribution in [2.45, 2.75) is 10.8 Å². The Morgan fingerprint density at radius 2 is 1.91 bits per heavy atom. The van der Waals surface area contributed by atoms with Crippen molar-refractivity contribution >= 4 is 33.9 Å². The predicted octanol–water partition coefficient (Wildman–Crippen LogP) is 4.15. The van der Waals surface area contributed by atoms with E-state index in [9.17, 15) is 4.39 Å². The van der Waals surface area contributed by atoms with Crippen LogP contribution in [-0.2, 0) is 6.42 Å². The van der Waals surface area contributed by atoms with Crippen LogP contribution in [-0.4, -0.2) is 20.9 Å². The van der Waals surface area contributed by atoms with Crippen LogP contribution in [0.3, 0.4) is 0 Å². The largest absolute Gasteiger partial charge is 0.328 e. The number of nitrogens with zero attached hydrogens (tertiary/aromatic N) is 3. The lowest BCUT2D eigenvalue weighted by atomic mass is 10.2. The molecule has 1 N–H and O–H groups in total. The molecular formula is C15H13FN4S2. The van der Waals surface area contributed by atoms with Crippen molar-refractivity contribution < 1.29 is 4.39 Å². The molecule has 1 aromatic carbocycles. The Hall–Kier alpha value is -1.99. The number of pyridine rings is 1. The molecule has 2 aromatic heterocycles. The molecule has 0 spiro atoms. The average Bonchev–Trinajstić information content (AvgIpc) is 2.98. The Morgan fingerprint density at radius 3 is 2.73 bits per heavy atom. The van der Waals surface area contributed by atoms with Gasteiger partial charge in [-0.25, -0.2) is 4.39 Å². The number of aryl methyl sites for hydroxylation is 1. The minimum absolute atomic E-state index is 0.301. The van der Waals surface area contributed by atoms with Gasteiger partial charge in [0.05, 0.1) is 5.69 Å². The maximum Gasteiger partial charge on any atom is 0.210 e. The smallest absolute Gasteiger partial charge is 0.210 e. The molecule has 4 nitrogen and oxygen atoms in total. The highest BCUT2D eigenvalue weighted by molar-refractivity contribution is 8.01. The molecule has 0 fully saturated rings. The Labute approximate surface area is 135 Å². The minimum Gasteiger partial charge on any atom is -0.328 e. The van der Waals surface area contributed by atoms with Gasteiger partial charge in [-0.1, -0.05) is 35.2 Å². The van der Waals surface area contributed by atoms with E-state index in [-0.39, 0.29) is 5.82 Å². The molecule has 0 bridgehead atoms. The van der Waals surface area contributed by atoms with Gasteiger partial charge in [0.15, 0.2) is 4.34 Å². The van der Waals surface area contributed by atoms with E-state index in [1.807, 2.05) is 12.1 Å². The molecule has 3 aromatic rings. The van der Waals surface area contributed by atoms with Gasteiger partial charge in [-0.2, -0.15) is 0 Å². The summed E-state index contributed by atoms with van der Waals surface area (Å²) in [5, 5.41) is 11.7. The molecule has 0 amide bonds. The molecule has 22 heavy (non-hydrogen) atoms. The molecule has 112 valence electrons. The maximum atomic E-state index is 13.6. The molecule has 0 aliphatic heterocycles. The summed E-state index contributed by atoms with van der Waals surface area (Å²) in [4.78, 5) is 4.00. The second kappa shape index (κ2) is 7.33. The van der Waals surface area contributed by atoms with Gasteiger partial charge in [-0.15, -0.1) is 10.2 Å². The Balaban J connectivity index is 1.54. The summed E-state index contributed by atoms with van der Waals surface area (Å²) in [7, 11) is 0. The zero-order valence-electron chi connectivity index (χ0n) is 11.6. The summed E-state index contributed by atoms with van der Waals surface area (Å²) in [6.07, 6.45) is 4.53. The van der Waals surface area contributed by atoms with Gasteiger partial charge in [0, 0.05) is 18.1 Å². The lowest BCUT2D eigenvalue weighted by Gasteiger charge is -2.01. The van der Waals surface area contributed by atoms with Crippen molar-refractivity contribution in [2.75, 3.05) is 11.1 Å². The number of thioether (sulfide) groups is 1. The van der Waals surface area contributed by atoms with Crippen LogP contribution in [0.4, 0.5) is 15.2 Å². The maximum absolute atomic E-state index is 13.6. The Bertz CT molecular complexity index is 733. The van der Waals surface area contributed by atoms with Crippen LogP contribution in [0.2, 0.25) is 0 Å². The highest BCUT2D eigenvalue weighted by Gasteiger charge is 2.07. The summed E-state index contributed by atoms with van der Waals surface area (Å²) in [6.45, 7) is 0. The molecule has 0 aliphatic rings. The van der Waals surface area contributed by atoms with E-state index >= 15 is 0 Å². The summed E-state index contributed by atoms with van der Waals surface area (Å²) in [5.74, 6) is 0.614. The Kier molecular flexibility index (Phi) is 4.97. The van der Waals surface area contributed by atoms with Crippen LogP contribution in [0.5, 0.6) is 0 Å². The van der Waals surface area contributed by atoms with Gasteiger partial charge in [0.1, 0.15) is 5.82 Å². The van der Waals surface area contributed by atoms with E-state index in [1.54, 1.807) is 42.4 Å². The fourth-order valence-electron chi connectivity index (χ4n) is 1.80. The van der Waals surface area contributed by atoms with Crippen molar-refractivity contribution in [3.8, 4) is 0 Å². The number of anilines is 2. The SMILES string of the molecule is Fc1ccccc1Nc1nnc(SCCc2ccncc2)s1. The molecule has 0 saturated heterocycles. The molecule has 7 heteroatoms. The van der Waals surface area contributed by atoms with Gasteiger partial charge in [0.2, 0.25) is 5.13 Å². The fourth-order valence-corrected chi connectivity index (χ4v) is 3.63. The third-order valence-electron chi connectivity index (χ3n) is 2.89. The monoisotopic (exact) mass is 332 g/mol. The van der Waals surface area contributed by atoms with Crippen molar-refractivity contribution in [1.29, 1.82) is 0 Å². The fraction of sp³-hybridized carbons (Fsp3) is 0.133. The molecular weight excluding hydrogens is 319 g/mol. The highest BCUT2D eigenvalue weighted by Crippen LogP contribution is 2.28. The van der Waals surface area contributed by atoms with Gasteiger partial charge in [-0.3, -0.25) is 4.98 Å². The summed E-state index contributed by atoms with van der Waals surface area (Å²) >= 11 is 3.06. The number of halogens is 1. The van der Waals surface area contributed by atoms with Crippen molar-refractivity contribution in [3.63, 3.8) is 0 Å². The van der Waals surface area contributed by atoms with Crippen LogP contribution < -0.4 is 5.32 Å². The van der Waals surface area contributed by atoms with Crippen LogP contribution in [0.1, 0.15) is 5.56 Å². The lowest BCUT2D eigenvalue weighted by molar-refractivity contribution is 0.632. The zero-order chi connectivity index (χ0) is 15.2. The molecule has 0 radical (unpaired) electrons. The number of hydrogen-bond donors (Lipinski definition) is 1. The lowest BCUT2D eigenvalue weighted by Crippen LogP contribution is -1.92. The molecule has 2 heterocycles. The van der Waals surface area contributed by atoms with E-state index in [4.69, 9.17) is 0 Å². The summed E-state index contributed by atoms with van der Waals surface area (Å²) < 4.78 is 14.4. The first-order valence-electron chi connectivity index (χ1n) is 6.68. The number of hydrogen-bond acceptors (Lipinski definition) is 6. The second-order valence-corrected chi connectivity index (χ2v) is 6.75. The van der Waals surface area contributed by atoms with Crippen molar-refractivity contribution in [1.82, 2.24) is 15.2 Å². The number of nitrogens with one attached hydrogen (secondary N) is 1. The van der Waals surface area contributed by atoms with Gasteiger partial charge in [0.25, 0.3) is 0 Å². The van der Waals surface area contributed by atoms with Gasteiger partial charge < -0.3 is 5.32 Å². The normalized spacial score (nSPS) is 10.6. The third kappa shape index (κ3) is 4.02. The van der Waals surface area contributed by atoms with E-state index in [0.29, 0.717) is 10.8 Å². The quantitative estimate of drug-likeness (QED) is 0.687. The number of benzene rings is 1.